The van der Waals surface area contributed by atoms with Gasteiger partial charge in [-0.05, 0) is 38.2 Å². The molecule has 5 fully saturated rings. The maximum absolute atomic E-state index is 13.4. The summed E-state index contributed by atoms with van der Waals surface area (Å²) in [5.74, 6) is 1.59. The van der Waals surface area contributed by atoms with Crippen molar-refractivity contribution in [1.29, 1.82) is 0 Å². The Balaban J connectivity index is 1.20. The number of alkyl halides is 3. The van der Waals surface area contributed by atoms with E-state index in [4.69, 9.17) is 9.72 Å². The molecule has 4 saturated carbocycles. The van der Waals surface area contributed by atoms with Gasteiger partial charge in [0.05, 0.1) is 35.7 Å². The number of rotatable bonds is 4. The molecule has 0 radical (unpaired) electrons. The van der Waals surface area contributed by atoms with Crippen molar-refractivity contribution >= 4 is 5.57 Å². The molecule has 2 bridgehead atoms. The van der Waals surface area contributed by atoms with Crippen LogP contribution in [0.2, 0.25) is 0 Å². The van der Waals surface area contributed by atoms with Gasteiger partial charge in [-0.2, -0.15) is 13.2 Å². The number of morpholine rings is 1. The van der Waals surface area contributed by atoms with E-state index >= 15 is 0 Å². The van der Waals surface area contributed by atoms with E-state index in [0.29, 0.717) is 22.7 Å². The number of aromatic nitrogens is 3. The number of imidazole rings is 1. The van der Waals surface area contributed by atoms with Crippen molar-refractivity contribution in [1.82, 2.24) is 19.4 Å². The predicted octanol–water partition coefficient (Wildman–Crippen LogP) is 4.29. The molecule has 0 aromatic carbocycles. The van der Waals surface area contributed by atoms with Crippen LogP contribution in [0.3, 0.4) is 0 Å². The Bertz CT molecular complexity index is 1120. The summed E-state index contributed by atoms with van der Waals surface area (Å²) in [4.78, 5) is 11.9. The maximum atomic E-state index is 13.4. The van der Waals surface area contributed by atoms with E-state index in [-0.39, 0.29) is 17.5 Å². The lowest BCUT2D eigenvalue weighted by Gasteiger charge is -2.74. The predicted molar refractivity (Wildman–Crippen MR) is 112 cm³/mol. The number of pyridine rings is 1. The highest BCUT2D eigenvalue weighted by Gasteiger charge is 2.71. The van der Waals surface area contributed by atoms with Crippen LogP contribution < -0.4 is 0 Å². The second-order valence-electron chi connectivity index (χ2n) is 10.2. The largest absolute Gasteiger partial charge is 0.416 e. The molecule has 0 unspecified atom stereocenters. The Morgan fingerprint density at radius 1 is 1.06 bits per heavy atom. The number of nitrogens with zero attached hydrogens (tertiary/aromatic N) is 4. The van der Waals surface area contributed by atoms with Crippen molar-refractivity contribution in [3.05, 3.63) is 41.6 Å². The zero-order valence-corrected chi connectivity index (χ0v) is 17.8. The fraction of sp³-hybridized carbons (Fsp3) is 0.583. The second-order valence-corrected chi connectivity index (χ2v) is 10.2. The van der Waals surface area contributed by atoms with E-state index < -0.39 is 11.7 Å². The molecule has 0 atom stereocenters. The van der Waals surface area contributed by atoms with Crippen LogP contribution in [-0.4, -0.2) is 57.5 Å². The molecule has 0 N–H and O–H groups in total. The number of fused-ring (bicyclic) bond motifs is 1. The lowest BCUT2D eigenvalue weighted by atomic mass is 9.43. The lowest BCUT2D eigenvalue weighted by molar-refractivity contribution is -0.221. The summed E-state index contributed by atoms with van der Waals surface area (Å²) in [7, 11) is 0. The van der Waals surface area contributed by atoms with Crippen LogP contribution in [-0.2, 0) is 16.7 Å². The molecule has 6 aliphatic rings. The second kappa shape index (κ2) is 6.23. The van der Waals surface area contributed by atoms with E-state index in [1.807, 2.05) is 0 Å². The zero-order chi connectivity index (χ0) is 21.7. The molecule has 1 aliphatic heterocycles. The Morgan fingerprint density at radius 3 is 2.50 bits per heavy atom. The number of hydrogen-bond acceptors (Lipinski definition) is 4. The van der Waals surface area contributed by atoms with Crippen molar-refractivity contribution in [3.8, 4) is 11.3 Å². The monoisotopic (exact) mass is 442 g/mol. The van der Waals surface area contributed by atoms with Gasteiger partial charge in [-0.1, -0.05) is 6.08 Å². The summed E-state index contributed by atoms with van der Waals surface area (Å²) in [6.45, 7) is 3.65. The van der Waals surface area contributed by atoms with Gasteiger partial charge in [0, 0.05) is 54.5 Å². The molecular formula is C24H25F3N4O. The highest BCUT2D eigenvalue weighted by atomic mass is 19.4. The minimum absolute atomic E-state index is 0.128. The van der Waals surface area contributed by atoms with E-state index in [2.05, 4.69) is 20.6 Å². The van der Waals surface area contributed by atoms with E-state index in [9.17, 15) is 13.2 Å². The molecule has 32 heavy (non-hydrogen) atoms. The third-order valence-electron chi connectivity index (χ3n) is 8.20. The summed E-state index contributed by atoms with van der Waals surface area (Å²) >= 11 is 0. The van der Waals surface area contributed by atoms with Gasteiger partial charge in [0.2, 0.25) is 0 Å². The first-order valence-electron chi connectivity index (χ1n) is 11.6. The van der Waals surface area contributed by atoms with Crippen LogP contribution >= 0.6 is 0 Å². The van der Waals surface area contributed by atoms with Gasteiger partial charge in [0.1, 0.15) is 5.82 Å². The summed E-state index contributed by atoms with van der Waals surface area (Å²) in [6, 6.07) is 1.63. The van der Waals surface area contributed by atoms with Gasteiger partial charge in [-0.25, -0.2) is 4.98 Å². The van der Waals surface area contributed by atoms with Crippen LogP contribution in [0, 0.1) is 0 Å². The normalized spacial score (nSPS) is 31.7. The number of hydrogen-bond donors (Lipinski definition) is 0. The van der Waals surface area contributed by atoms with Crippen molar-refractivity contribution in [2.45, 2.75) is 61.7 Å². The number of halogens is 3. The molecule has 5 aliphatic carbocycles. The first-order chi connectivity index (χ1) is 15.4. The average Bonchev–Trinajstić information content (AvgIpc) is 3.30. The van der Waals surface area contributed by atoms with Gasteiger partial charge < -0.3 is 9.30 Å². The average molecular weight is 442 g/mol. The maximum Gasteiger partial charge on any atom is 0.416 e. The highest BCUT2D eigenvalue weighted by Crippen LogP contribution is 2.69. The quantitative estimate of drug-likeness (QED) is 0.709. The van der Waals surface area contributed by atoms with Gasteiger partial charge in [0.25, 0.3) is 0 Å². The van der Waals surface area contributed by atoms with Gasteiger partial charge in [0.15, 0.2) is 0 Å². The molecule has 3 heterocycles. The fourth-order valence-corrected chi connectivity index (χ4v) is 6.46. The Morgan fingerprint density at radius 2 is 1.81 bits per heavy atom. The topological polar surface area (TPSA) is 43.2 Å². The molecule has 8 rings (SSSR count). The Hall–Kier alpha value is -2.19. The SMILES string of the molecule is FC(F)(F)C1=CCc2ncc(-c3cn(C45CC(N6CCOCC6)(C4)C5)c(C4CC4)n3)cc21. The minimum atomic E-state index is -4.36. The number of allylic oxidation sites excluding steroid dienone is 2. The van der Waals surface area contributed by atoms with Crippen LogP contribution in [0.4, 0.5) is 13.2 Å². The zero-order valence-electron chi connectivity index (χ0n) is 17.8. The standard InChI is InChI=1S/C24H25F3N4O/c25-24(26,27)18-3-4-19-17(18)9-16(10-28-19)20-11-31(21(29-20)15-1-2-15)23-12-22(13-23,14-23)30-5-7-32-8-6-30/h3,9-11,15H,1-2,4-8,12-14H2. The molecule has 168 valence electrons. The van der Waals surface area contributed by atoms with Crippen molar-refractivity contribution in [2.75, 3.05) is 26.3 Å². The smallest absolute Gasteiger partial charge is 0.379 e. The van der Waals surface area contributed by atoms with E-state index in [0.717, 1.165) is 69.9 Å². The van der Waals surface area contributed by atoms with Crippen LogP contribution in [0.5, 0.6) is 0 Å². The Kier molecular flexibility index (Phi) is 3.76. The third kappa shape index (κ3) is 2.65. The fourth-order valence-electron chi connectivity index (χ4n) is 6.46. The molecule has 1 saturated heterocycles. The molecule has 0 amide bonds. The van der Waals surface area contributed by atoms with Crippen molar-refractivity contribution in [2.24, 2.45) is 0 Å². The van der Waals surface area contributed by atoms with Gasteiger partial charge in [-0.3, -0.25) is 9.88 Å². The molecule has 2 aromatic heterocycles. The van der Waals surface area contributed by atoms with Crippen LogP contribution in [0.25, 0.3) is 16.8 Å². The summed E-state index contributed by atoms with van der Waals surface area (Å²) in [6.07, 6.45) is 6.59. The van der Waals surface area contributed by atoms with Gasteiger partial charge in [-0.15, -0.1) is 0 Å². The third-order valence-corrected chi connectivity index (χ3v) is 8.20. The van der Waals surface area contributed by atoms with E-state index in [1.54, 1.807) is 12.3 Å². The van der Waals surface area contributed by atoms with E-state index in [1.165, 1.54) is 6.08 Å². The molecule has 5 nitrogen and oxygen atoms in total. The first kappa shape index (κ1) is 19.3. The molecule has 0 spiro atoms. The molecule has 2 aromatic rings. The van der Waals surface area contributed by atoms with Crippen LogP contribution in [0.15, 0.2) is 24.5 Å². The molecular weight excluding hydrogens is 417 g/mol. The summed E-state index contributed by atoms with van der Waals surface area (Å²) in [5, 5.41) is 0. The van der Waals surface area contributed by atoms with Crippen molar-refractivity contribution < 1.29 is 17.9 Å². The van der Waals surface area contributed by atoms with Gasteiger partial charge >= 0.3 is 6.18 Å². The minimum Gasteiger partial charge on any atom is -0.379 e. The lowest BCUT2D eigenvalue weighted by Crippen LogP contribution is -2.79. The Labute approximate surface area is 184 Å². The first-order valence-corrected chi connectivity index (χ1v) is 11.6. The summed E-state index contributed by atoms with van der Waals surface area (Å²) < 4.78 is 48.2. The number of ether oxygens (including phenoxy) is 1. The van der Waals surface area contributed by atoms with Crippen molar-refractivity contribution in [3.63, 3.8) is 0 Å². The highest BCUT2D eigenvalue weighted by molar-refractivity contribution is 5.78. The van der Waals surface area contributed by atoms with Crippen LogP contribution in [0.1, 0.15) is 55.1 Å². The molecule has 8 heteroatoms. The summed E-state index contributed by atoms with van der Waals surface area (Å²) in [5.41, 5.74) is 2.00.